The van der Waals surface area contributed by atoms with E-state index in [9.17, 15) is 0 Å². The van der Waals surface area contributed by atoms with Crippen LogP contribution in [0.15, 0.2) is 24.3 Å². The number of hydrogen-bond donors (Lipinski definition) is 1. The number of aromatic nitrogens is 1. The SMILES string of the molecule is CCOc1ccc(C(NC)c2nc(C)c(C)s2)cc1. The van der Waals surface area contributed by atoms with Crippen LogP contribution in [0.5, 0.6) is 5.75 Å². The van der Waals surface area contributed by atoms with Crippen LogP contribution in [0.1, 0.15) is 34.1 Å². The molecular weight excluding hydrogens is 256 g/mol. The van der Waals surface area contributed by atoms with Crippen molar-refractivity contribution in [2.45, 2.75) is 26.8 Å². The summed E-state index contributed by atoms with van der Waals surface area (Å²) in [6.07, 6.45) is 0. The predicted octanol–water partition coefficient (Wildman–Crippen LogP) is 3.47. The largest absolute Gasteiger partial charge is 0.494 e. The summed E-state index contributed by atoms with van der Waals surface area (Å²) in [4.78, 5) is 5.92. The van der Waals surface area contributed by atoms with Gasteiger partial charge in [-0.3, -0.25) is 0 Å². The Morgan fingerprint density at radius 3 is 2.42 bits per heavy atom. The third kappa shape index (κ3) is 3.14. The molecule has 0 aliphatic heterocycles. The fourth-order valence-corrected chi connectivity index (χ4v) is 3.04. The van der Waals surface area contributed by atoms with Crippen molar-refractivity contribution in [1.29, 1.82) is 0 Å². The smallest absolute Gasteiger partial charge is 0.119 e. The van der Waals surface area contributed by atoms with Crippen molar-refractivity contribution in [2.75, 3.05) is 13.7 Å². The van der Waals surface area contributed by atoms with Crippen LogP contribution in [0.2, 0.25) is 0 Å². The Bertz CT molecular complexity index is 514. The Morgan fingerprint density at radius 1 is 1.26 bits per heavy atom. The van der Waals surface area contributed by atoms with Gasteiger partial charge in [-0.25, -0.2) is 4.98 Å². The van der Waals surface area contributed by atoms with Crippen molar-refractivity contribution in [2.24, 2.45) is 0 Å². The fourth-order valence-electron chi connectivity index (χ4n) is 1.98. The summed E-state index contributed by atoms with van der Waals surface area (Å²) < 4.78 is 5.47. The number of thiazole rings is 1. The zero-order chi connectivity index (χ0) is 13.8. The topological polar surface area (TPSA) is 34.1 Å². The van der Waals surface area contributed by atoms with Gasteiger partial charge in [0.15, 0.2) is 0 Å². The standard InChI is InChI=1S/C15H20N2OS/c1-5-18-13-8-6-12(7-9-13)14(16-4)15-17-10(2)11(3)19-15/h6-9,14,16H,5H2,1-4H3. The Labute approximate surface area is 118 Å². The molecule has 1 unspecified atom stereocenters. The molecule has 102 valence electrons. The average Bonchev–Trinajstić information content (AvgIpc) is 2.73. The van der Waals surface area contributed by atoms with Gasteiger partial charge in [0.25, 0.3) is 0 Å². The lowest BCUT2D eigenvalue weighted by molar-refractivity contribution is 0.340. The van der Waals surface area contributed by atoms with E-state index in [0.29, 0.717) is 6.61 Å². The maximum Gasteiger partial charge on any atom is 0.119 e. The molecule has 1 heterocycles. The minimum absolute atomic E-state index is 0.146. The van der Waals surface area contributed by atoms with Crippen LogP contribution in [0.25, 0.3) is 0 Å². The van der Waals surface area contributed by atoms with Gasteiger partial charge in [0.2, 0.25) is 0 Å². The summed E-state index contributed by atoms with van der Waals surface area (Å²) >= 11 is 1.75. The van der Waals surface area contributed by atoms with Crippen molar-refractivity contribution in [3.8, 4) is 5.75 Å². The number of benzene rings is 1. The molecule has 0 amide bonds. The molecule has 0 fully saturated rings. The highest BCUT2D eigenvalue weighted by atomic mass is 32.1. The second-order valence-electron chi connectivity index (χ2n) is 4.42. The minimum atomic E-state index is 0.146. The number of aryl methyl sites for hydroxylation is 2. The highest BCUT2D eigenvalue weighted by molar-refractivity contribution is 7.11. The van der Waals surface area contributed by atoms with Crippen LogP contribution in [-0.2, 0) is 0 Å². The summed E-state index contributed by atoms with van der Waals surface area (Å²) in [5.41, 5.74) is 2.32. The van der Waals surface area contributed by atoms with Gasteiger partial charge in [-0.05, 0) is 45.5 Å². The van der Waals surface area contributed by atoms with Crippen molar-refractivity contribution < 1.29 is 4.74 Å². The molecule has 1 N–H and O–H groups in total. The van der Waals surface area contributed by atoms with Crippen LogP contribution in [0.4, 0.5) is 0 Å². The molecule has 1 aromatic carbocycles. The Hall–Kier alpha value is -1.39. The van der Waals surface area contributed by atoms with Gasteiger partial charge < -0.3 is 10.1 Å². The molecule has 19 heavy (non-hydrogen) atoms. The van der Waals surface area contributed by atoms with Crippen LogP contribution in [0, 0.1) is 13.8 Å². The van der Waals surface area contributed by atoms with E-state index >= 15 is 0 Å². The predicted molar refractivity (Wildman–Crippen MR) is 80.1 cm³/mol. The van der Waals surface area contributed by atoms with E-state index in [4.69, 9.17) is 4.74 Å². The lowest BCUT2D eigenvalue weighted by Gasteiger charge is -2.14. The number of hydrogen-bond acceptors (Lipinski definition) is 4. The van der Waals surface area contributed by atoms with Gasteiger partial charge in [-0.1, -0.05) is 12.1 Å². The van der Waals surface area contributed by atoms with E-state index in [1.807, 2.05) is 26.1 Å². The molecule has 4 heteroatoms. The second-order valence-corrected chi connectivity index (χ2v) is 5.65. The van der Waals surface area contributed by atoms with Gasteiger partial charge in [-0.2, -0.15) is 0 Å². The summed E-state index contributed by atoms with van der Waals surface area (Å²) in [6.45, 7) is 6.85. The first-order valence-corrected chi connectivity index (χ1v) is 7.31. The first-order valence-electron chi connectivity index (χ1n) is 6.49. The Morgan fingerprint density at radius 2 is 1.95 bits per heavy atom. The third-order valence-corrected chi connectivity index (χ3v) is 4.24. The summed E-state index contributed by atoms with van der Waals surface area (Å²) in [6, 6.07) is 8.36. The number of nitrogens with one attached hydrogen (secondary N) is 1. The van der Waals surface area contributed by atoms with Crippen molar-refractivity contribution in [1.82, 2.24) is 10.3 Å². The number of nitrogens with zero attached hydrogens (tertiary/aromatic N) is 1. The molecule has 0 bridgehead atoms. The van der Waals surface area contributed by atoms with Crippen LogP contribution >= 0.6 is 11.3 Å². The first kappa shape index (κ1) is 14.0. The summed E-state index contributed by atoms with van der Waals surface area (Å²) in [5, 5.41) is 4.45. The van der Waals surface area contributed by atoms with Crippen LogP contribution in [0.3, 0.4) is 0 Å². The second kappa shape index (κ2) is 6.17. The molecule has 0 aliphatic carbocycles. The van der Waals surface area contributed by atoms with Gasteiger partial charge in [-0.15, -0.1) is 11.3 Å². The number of ether oxygens (including phenoxy) is 1. The van der Waals surface area contributed by atoms with Crippen molar-refractivity contribution >= 4 is 11.3 Å². The van der Waals surface area contributed by atoms with Crippen molar-refractivity contribution in [3.63, 3.8) is 0 Å². The zero-order valence-electron chi connectivity index (χ0n) is 11.9. The molecular formula is C15H20N2OS. The Balaban J connectivity index is 2.26. The maximum absolute atomic E-state index is 5.47. The summed E-state index contributed by atoms with van der Waals surface area (Å²) in [7, 11) is 1.97. The van der Waals surface area contributed by atoms with E-state index in [1.165, 1.54) is 10.4 Å². The lowest BCUT2D eigenvalue weighted by Crippen LogP contribution is -2.17. The molecule has 2 rings (SSSR count). The molecule has 0 radical (unpaired) electrons. The molecule has 1 aromatic heterocycles. The van der Waals surface area contributed by atoms with Gasteiger partial charge >= 0.3 is 0 Å². The molecule has 0 saturated heterocycles. The third-order valence-electron chi connectivity index (χ3n) is 3.11. The highest BCUT2D eigenvalue weighted by Gasteiger charge is 2.16. The molecule has 0 aliphatic rings. The molecule has 2 aromatic rings. The van der Waals surface area contributed by atoms with E-state index in [2.05, 4.69) is 36.3 Å². The van der Waals surface area contributed by atoms with E-state index in [0.717, 1.165) is 16.5 Å². The monoisotopic (exact) mass is 276 g/mol. The summed E-state index contributed by atoms with van der Waals surface area (Å²) in [5.74, 6) is 0.910. The zero-order valence-corrected chi connectivity index (χ0v) is 12.7. The minimum Gasteiger partial charge on any atom is -0.494 e. The van der Waals surface area contributed by atoms with E-state index in [-0.39, 0.29) is 6.04 Å². The normalized spacial score (nSPS) is 12.4. The first-order chi connectivity index (χ1) is 9.15. The van der Waals surface area contributed by atoms with Gasteiger partial charge in [0, 0.05) is 4.88 Å². The van der Waals surface area contributed by atoms with Crippen molar-refractivity contribution in [3.05, 3.63) is 45.4 Å². The fraction of sp³-hybridized carbons (Fsp3) is 0.400. The lowest BCUT2D eigenvalue weighted by atomic mass is 10.1. The quantitative estimate of drug-likeness (QED) is 0.908. The Kier molecular flexibility index (Phi) is 4.56. The van der Waals surface area contributed by atoms with Gasteiger partial charge in [0.05, 0.1) is 18.3 Å². The molecule has 1 atom stereocenters. The van der Waals surface area contributed by atoms with Crippen LogP contribution < -0.4 is 10.1 Å². The number of rotatable bonds is 5. The van der Waals surface area contributed by atoms with Crippen LogP contribution in [-0.4, -0.2) is 18.6 Å². The van der Waals surface area contributed by atoms with E-state index in [1.54, 1.807) is 11.3 Å². The molecule has 0 spiro atoms. The maximum atomic E-state index is 5.47. The van der Waals surface area contributed by atoms with Gasteiger partial charge in [0.1, 0.15) is 10.8 Å². The molecule has 3 nitrogen and oxygen atoms in total. The van der Waals surface area contributed by atoms with E-state index < -0.39 is 0 Å². The highest BCUT2D eigenvalue weighted by Crippen LogP contribution is 2.28. The average molecular weight is 276 g/mol. The molecule has 0 saturated carbocycles.